The van der Waals surface area contributed by atoms with Crippen LogP contribution in [0.3, 0.4) is 0 Å². The van der Waals surface area contributed by atoms with E-state index in [2.05, 4.69) is 32.9 Å². The molecule has 114 valence electrons. The van der Waals surface area contributed by atoms with Crippen LogP contribution in [0.25, 0.3) is 0 Å². The Hall–Kier alpha value is -0.920. The summed E-state index contributed by atoms with van der Waals surface area (Å²) in [5, 5.41) is 11.9. The van der Waals surface area contributed by atoms with E-state index < -0.39 is 0 Å². The van der Waals surface area contributed by atoms with Crippen molar-refractivity contribution in [3.63, 3.8) is 0 Å². The number of aromatic nitrogens is 2. The maximum Gasteiger partial charge on any atom is 0.0918 e. The highest BCUT2D eigenvalue weighted by molar-refractivity contribution is 9.10. The van der Waals surface area contributed by atoms with Crippen molar-refractivity contribution in [1.29, 1.82) is 5.41 Å². The Balaban J connectivity index is 2.79. The number of hydrogen-bond acceptors (Lipinski definition) is 4. The van der Waals surface area contributed by atoms with Gasteiger partial charge in [-0.15, -0.1) is 0 Å². The Labute approximate surface area is 128 Å². The number of aryl methyl sites for hydroxylation is 2. The standard InChI is InChI=1S/C13H24BrN5O/c1-4-19-11(13(14)10(2)17-19)9-18(7-8-20-3)6-5-12(15)16/h4-9H2,1-3H3,(H3,15,16). The molecule has 0 saturated heterocycles. The van der Waals surface area contributed by atoms with Gasteiger partial charge in [0.05, 0.1) is 28.3 Å². The molecule has 0 atom stereocenters. The Bertz CT molecular complexity index is 446. The number of ether oxygens (including phenoxy) is 1. The first-order chi connectivity index (χ1) is 9.49. The van der Waals surface area contributed by atoms with E-state index in [1.807, 2.05) is 11.6 Å². The van der Waals surface area contributed by atoms with Gasteiger partial charge in [0.15, 0.2) is 0 Å². The second-order valence-corrected chi connectivity index (χ2v) is 5.50. The molecule has 1 aromatic rings. The highest BCUT2D eigenvalue weighted by Gasteiger charge is 2.15. The molecule has 0 saturated carbocycles. The maximum absolute atomic E-state index is 7.36. The first kappa shape index (κ1) is 17.1. The van der Waals surface area contributed by atoms with Crippen LogP contribution in [-0.2, 0) is 17.8 Å². The minimum atomic E-state index is 0.215. The number of nitrogens with two attached hydrogens (primary N) is 1. The van der Waals surface area contributed by atoms with Crippen molar-refractivity contribution in [2.24, 2.45) is 5.73 Å². The molecule has 20 heavy (non-hydrogen) atoms. The van der Waals surface area contributed by atoms with Crippen molar-refractivity contribution in [1.82, 2.24) is 14.7 Å². The van der Waals surface area contributed by atoms with Gasteiger partial charge >= 0.3 is 0 Å². The number of amidine groups is 1. The van der Waals surface area contributed by atoms with Crippen molar-refractivity contribution < 1.29 is 4.74 Å². The lowest BCUT2D eigenvalue weighted by Crippen LogP contribution is -2.31. The molecular weight excluding hydrogens is 322 g/mol. The molecule has 0 radical (unpaired) electrons. The Morgan fingerprint density at radius 2 is 2.20 bits per heavy atom. The van der Waals surface area contributed by atoms with E-state index in [1.54, 1.807) is 7.11 Å². The summed E-state index contributed by atoms with van der Waals surface area (Å²) in [6.45, 7) is 7.91. The maximum atomic E-state index is 7.36. The third kappa shape index (κ3) is 4.88. The number of nitrogens with one attached hydrogen (secondary N) is 1. The summed E-state index contributed by atoms with van der Waals surface area (Å²) in [4.78, 5) is 2.23. The summed E-state index contributed by atoms with van der Waals surface area (Å²) in [7, 11) is 1.69. The average Bonchev–Trinajstić information content (AvgIpc) is 2.68. The van der Waals surface area contributed by atoms with Crippen LogP contribution in [0.5, 0.6) is 0 Å². The zero-order valence-corrected chi connectivity index (χ0v) is 14.0. The van der Waals surface area contributed by atoms with E-state index >= 15 is 0 Å². The van der Waals surface area contributed by atoms with Crippen molar-refractivity contribution >= 4 is 21.8 Å². The van der Waals surface area contributed by atoms with E-state index in [-0.39, 0.29) is 5.84 Å². The molecule has 6 nitrogen and oxygen atoms in total. The molecule has 0 fully saturated rings. The van der Waals surface area contributed by atoms with Gasteiger partial charge in [0.2, 0.25) is 0 Å². The first-order valence-corrected chi connectivity index (χ1v) is 7.54. The average molecular weight is 346 g/mol. The van der Waals surface area contributed by atoms with E-state index in [4.69, 9.17) is 15.9 Å². The minimum absolute atomic E-state index is 0.215. The summed E-state index contributed by atoms with van der Waals surface area (Å²) in [6.07, 6.45) is 0.570. The molecule has 1 rings (SSSR count). The van der Waals surface area contributed by atoms with Crippen LogP contribution in [-0.4, -0.2) is 47.3 Å². The quantitative estimate of drug-likeness (QED) is 0.527. The Kier molecular flexibility index (Phi) is 7.18. The molecule has 0 amide bonds. The summed E-state index contributed by atoms with van der Waals surface area (Å²) in [5.41, 5.74) is 7.61. The number of nitrogens with zero attached hydrogens (tertiary/aromatic N) is 3. The monoisotopic (exact) mass is 345 g/mol. The highest BCUT2D eigenvalue weighted by atomic mass is 79.9. The molecule has 1 heterocycles. The lowest BCUT2D eigenvalue weighted by molar-refractivity contribution is 0.144. The summed E-state index contributed by atoms with van der Waals surface area (Å²) < 4.78 is 8.21. The molecular formula is C13H24BrN5O. The van der Waals surface area contributed by atoms with E-state index in [0.29, 0.717) is 13.0 Å². The van der Waals surface area contributed by atoms with Crippen LogP contribution < -0.4 is 5.73 Å². The van der Waals surface area contributed by atoms with Crippen molar-refractivity contribution in [2.45, 2.75) is 33.4 Å². The predicted molar refractivity (Wildman–Crippen MR) is 84.0 cm³/mol. The molecule has 1 aromatic heterocycles. The molecule has 0 aromatic carbocycles. The topological polar surface area (TPSA) is 80.2 Å². The van der Waals surface area contributed by atoms with Crippen LogP contribution in [0.4, 0.5) is 0 Å². The first-order valence-electron chi connectivity index (χ1n) is 6.75. The van der Waals surface area contributed by atoms with Crippen LogP contribution in [0.2, 0.25) is 0 Å². The van der Waals surface area contributed by atoms with Gasteiger partial charge in [-0.3, -0.25) is 15.0 Å². The molecule has 0 bridgehead atoms. The molecule has 0 aliphatic rings. The number of halogens is 1. The Morgan fingerprint density at radius 3 is 2.75 bits per heavy atom. The van der Waals surface area contributed by atoms with Gasteiger partial charge in [-0.1, -0.05) is 0 Å². The van der Waals surface area contributed by atoms with Gasteiger partial charge in [-0.05, 0) is 29.8 Å². The van der Waals surface area contributed by atoms with Gasteiger partial charge in [0.25, 0.3) is 0 Å². The van der Waals surface area contributed by atoms with Gasteiger partial charge in [-0.25, -0.2) is 0 Å². The fraction of sp³-hybridized carbons (Fsp3) is 0.692. The number of hydrogen-bond donors (Lipinski definition) is 2. The van der Waals surface area contributed by atoms with Gasteiger partial charge in [-0.2, -0.15) is 5.10 Å². The number of methoxy groups -OCH3 is 1. The van der Waals surface area contributed by atoms with E-state index in [0.717, 1.165) is 42.0 Å². The Morgan fingerprint density at radius 1 is 1.50 bits per heavy atom. The molecule has 0 unspecified atom stereocenters. The molecule has 0 spiro atoms. The lowest BCUT2D eigenvalue weighted by atomic mass is 10.3. The molecule has 3 N–H and O–H groups in total. The van der Waals surface area contributed by atoms with Gasteiger partial charge in [0.1, 0.15) is 0 Å². The van der Waals surface area contributed by atoms with Crippen LogP contribution in [0, 0.1) is 12.3 Å². The summed E-state index contributed by atoms with van der Waals surface area (Å²) in [6, 6.07) is 0. The largest absolute Gasteiger partial charge is 0.388 e. The molecule has 7 heteroatoms. The van der Waals surface area contributed by atoms with Crippen LogP contribution in [0.1, 0.15) is 24.7 Å². The second-order valence-electron chi connectivity index (χ2n) is 4.71. The lowest BCUT2D eigenvalue weighted by Gasteiger charge is -2.22. The van der Waals surface area contributed by atoms with Crippen molar-refractivity contribution in [2.75, 3.05) is 26.8 Å². The molecule has 0 aliphatic heterocycles. The fourth-order valence-corrected chi connectivity index (χ4v) is 2.41. The van der Waals surface area contributed by atoms with Crippen molar-refractivity contribution in [3.8, 4) is 0 Å². The van der Waals surface area contributed by atoms with E-state index in [9.17, 15) is 0 Å². The van der Waals surface area contributed by atoms with Crippen molar-refractivity contribution in [3.05, 3.63) is 15.9 Å². The number of rotatable bonds is 9. The van der Waals surface area contributed by atoms with E-state index in [1.165, 1.54) is 0 Å². The zero-order valence-electron chi connectivity index (χ0n) is 12.4. The third-order valence-electron chi connectivity index (χ3n) is 3.14. The van der Waals surface area contributed by atoms with Crippen LogP contribution >= 0.6 is 15.9 Å². The summed E-state index contributed by atoms with van der Waals surface area (Å²) >= 11 is 3.61. The zero-order chi connectivity index (χ0) is 15.1. The SMILES string of the molecule is CCn1nc(C)c(Br)c1CN(CCOC)CCC(=N)N. The summed E-state index contributed by atoms with van der Waals surface area (Å²) in [5.74, 6) is 0.215. The smallest absolute Gasteiger partial charge is 0.0918 e. The third-order valence-corrected chi connectivity index (χ3v) is 4.17. The molecule has 0 aliphatic carbocycles. The van der Waals surface area contributed by atoms with Gasteiger partial charge < -0.3 is 10.5 Å². The minimum Gasteiger partial charge on any atom is -0.388 e. The normalized spacial score (nSPS) is 11.2. The second kappa shape index (κ2) is 8.39. The van der Waals surface area contributed by atoms with Gasteiger partial charge in [0, 0.05) is 39.7 Å². The predicted octanol–water partition coefficient (Wildman–Crippen LogP) is 1.75. The highest BCUT2D eigenvalue weighted by Crippen LogP contribution is 2.22. The fourth-order valence-electron chi connectivity index (χ4n) is 2.00. The van der Waals surface area contributed by atoms with Crippen LogP contribution in [0.15, 0.2) is 4.47 Å².